The van der Waals surface area contributed by atoms with E-state index >= 15 is 0 Å². The van der Waals surface area contributed by atoms with Crippen LogP contribution < -0.4 is 0 Å². The molecule has 1 aliphatic rings. The highest BCUT2D eigenvalue weighted by molar-refractivity contribution is 5.82. The second kappa shape index (κ2) is 6.11. The van der Waals surface area contributed by atoms with E-state index in [9.17, 15) is 4.79 Å². The van der Waals surface area contributed by atoms with Crippen LogP contribution in [0.5, 0.6) is 0 Å². The highest BCUT2D eigenvalue weighted by Crippen LogP contribution is 2.40. The zero-order valence-corrected chi connectivity index (χ0v) is 13.4. The van der Waals surface area contributed by atoms with E-state index in [0.29, 0.717) is 17.6 Å². The average molecular weight is 276 g/mol. The lowest BCUT2D eigenvalue weighted by Crippen LogP contribution is -2.29. The summed E-state index contributed by atoms with van der Waals surface area (Å²) in [6.45, 7) is 9.93. The van der Waals surface area contributed by atoms with Crippen LogP contribution in [0.2, 0.25) is 0 Å². The first-order valence-corrected chi connectivity index (χ1v) is 7.94. The predicted molar refractivity (Wildman–Crippen MR) is 81.5 cm³/mol. The van der Waals surface area contributed by atoms with Gasteiger partial charge in [-0.2, -0.15) is 0 Å². The maximum atomic E-state index is 12.4. The van der Waals surface area contributed by atoms with Crippen molar-refractivity contribution in [3.05, 3.63) is 18.2 Å². The van der Waals surface area contributed by atoms with Crippen LogP contribution in [0, 0.1) is 17.3 Å². The molecule has 3 heteroatoms. The molecule has 20 heavy (non-hydrogen) atoms. The fourth-order valence-electron chi connectivity index (χ4n) is 3.38. The smallest absolute Gasteiger partial charge is 0.143 e. The molecule has 1 saturated carbocycles. The first-order chi connectivity index (χ1) is 9.41. The van der Waals surface area contributed by atoms with Crippen LogP contribution in [-0.2, 0) is 17.8 Å². The quantitative estimate of drug-likeness (QED) is 0.836. The summed E-state index contributed by atoms with van der Waals surface area (Å²) in [5, 5.41) is 0. The van der Waals surface area contributed by atoms with Crippen molar-refractivity contribution in [2.75, 3.05) is 0 Å². The summed E-state index contributed by atoms with van der Waals surface area (Å²) in [6.07, 6.45) is 8.78. The first-order valence-electron chi connectivity index (χ1n) is 7.94. The lowest BCUT2D eigenvalue weighted by Gasteiger charge is -2.36. The van der Waals surface area contributed by atoms with Gasteiger partial charge in [-0.05, 0) is 43.9 Å². The lowest BCUT2D eigenvalue weighted by atomic mass is 9.69. The molecule has 2 rings (SSSR count). The molecule has 112 valence electrons. The zero-order valence-electron chi connectivity index (χ0n) is 13.4. The molecule has 1 heterocycles. The van der Waals surface area contributed by atoms with E-state index in [1.54, 1.807) is 6.20 Å². The number of carbonyl (C=O) groups excluding carboxylic acids is 1. The fourth-order valence-corrected chi connectivity index (χ4v) is 3.38. The molecule has 1 fully saturated rings. The number of rotatable bonds is 4. The molecule has 1 aromatic heterocycles. The van der Waals surface area contributed by atoms with Gasteiger partial charge < -0.3 is 4.57 Å². The summed E-state index contributed by atoms with van der Waals surface area (Å²) in [7, 11) is 0. The van der Waals surface area contributed by atoms with Crippen molar-refractivity contribution in [2.24, 2.45) is 17.3 Å². The monoisotopic (exact) mass is 276 g/mol. The summed E-state index contributed by atoms with van der Waals surface area (Å²) in [5.74, 6) is 2.34. The zero-order chi connectivity index (χ0) is 14.8. The Morgan fingerprint density at radius 1 is 1.30 bits per heavy atom. The highest BCUT2D eigenvalue weighted by Gasteiger charge is 2.32. The minimum Gasteiger partial charge on any atom is -0.335 e. The van der Waals surface area contributed by atoms with Crippen molar-refractivity contribution in [3.8, 4) is 0 Å². The van der Waals surface area contributed by atoms with Crippen molar-refractivity contribution < 1.29 is 4.79 Å². The molecule has 1 aliphatic carbocycles. The molecule has 1 aromatic rings. The Hall–Kier alpha value is -1.12. The molecular weight excluding hydrogens is 248 g/mol. The van der Waals surface area contributed by atoms with E-state index in [2.05, 4.69) is 37.2 Å². The molecule has 0 atom stereocenters. The van der Waals surface area contributed by atoms with Gasteiger partial charge in [0.25, 0.3) is 0 Å². The Labute approximate surface area is 122 Å². The van der Waals surface area contributed by atoms with Crippen molar-refractivity contribution in [1.29, 1.82) is 0 Å². The third kappa shape index (κ3) is 3.50. The first kappa shape index (κ1) is 15.3. The molecule has 0 unspecified atom stereocenters. The molecule has 0 spiro atoms. The molecule has 0 amide bonds. The number of aromatic nitrogens is 2. The summed E-state index contributed by atoms with van der Waals surface area (Å²) in [4.78, 5) is 16.8. The largest absolute Gasteiger partial charge is 0.335 e. The van der Waals surface area contributed by atoms with Crippen LogP contribution >= 0.6 is 0 Å². The van der Waals surface area contributed by atoms with E-state index < -0.39 is 0 Å². The van der Waals surface area contributed by atoms with Crippen LogP contribution in [0.25, 0.3) is 0 Å². The summed E-state index contributed by atoms with van der Waals surface area (Å²) < 4.78 is 2.07. The Bertz CT molecular complexity index is 448. The maximum Gasteiger partial charge on any atom is 0.143 e. The molecule has 0 bridgehead atoms. The number of carbonyl (C=O) groups is 1. The van der Waals surface area contributed by atoms with Gasteiger partial charge in [-0.25, -0.2) is 4.98 Å². The predicted octanol–water partition coefficient (Wildman–Crippen LogP) is 3.87. The summed E-state index contributed by atoms with van der Waals surface area (Å²) >= 11 is 0. The fraction of sp³-hybridized carbons (Fsp3) is 0.765. The van der Waals surface area contributed by atoms with E-state index in [-0.39, 0.29) is 5.92 Å². The van der Waals surface area contributed by atoms with Gasteiger partial charge in [-0.15, -0.1) is 0 Å². The number of Topliss-reactive ketones (excluding diaryl/α,β-unsaturated/α-hetero) is 1. The van der Waals surface area contributed by atoms with Crippen LogP contribution in [0.15, 0.2) is 12.4 Å². The maximum absolute atomic E-state index is 12.4. The van der Waals surface area contributed by atoms with E-state index in [0.717, 1.165) is 31.1 Å². The van der Waals surface area contributed by atoms with Crippen molar-refractivity contribution >= 4 is 5.78 Å². The van der Waals surface area contributed by atoms with Gasteiger partial charge in [0.1, 0.15) is 11.6 Å². The number of ketones is 1. The molecular formula is C17H28N2O. The van der Waals surface area contributed by atoms with E-state index in [1.807, 2.05) is 6.20 Å². The number of hydrogen-bond acceptors (Lipinski definition) is 2. The Kier molecular flexibility index (Phi) is 4.66. The van der Waals surface area contributed by atoms with Crippen LogP contribution in [0.3, 0.4) is 0 Å². The van der Waals surface area contributed by atoms with Gasteiger partial charge in [-0.1, -0.05) is 20.8 Å². The van der Waals surface area contributed by atoms with Crippen molar-refractivity contribution in [2.45, 2.75) is 66.3 Å². The topological polar surface area (TPSA) is 34.9 Å². The van der Waals surface area contributed by atoms with E-state index in [4.69, 9.17) is 0 Å². The minimum absolute atomic E-state index is 0.260. The molecule has 3 nitrogen and oxygen atoms in total. The number of aryl methyl sites for hydroxylation is 1. The second-order valence-electron chi connectivity index (χ2n) is 7.19. The molecule has 0 radical (unpaired) electrons. The number of hydrogen-bond donors (Lipinski definition) is 0. The Balaban J connectivity index is 1.89. The van der Waals surface area contributed by atoms with Crippen molar-refractivity contribution in [1.82, 2.24) is 9.55 Å². The normalized spacial score (nSPS) is 23.8. The van der Waals surface area contributed by atoms with Gasteiger partial charge in [0.05, 0.1) is 6.42 Å². The van der Waals surface area contributed by atoms with Gasteiger partial charge in [0.15, 0.2) is 0 Å². The van der Waals surface area contributed by atoms with Crippen LogP contribution in [-0.4, -0.2) is 15.3 Å². The average Bonchev–Trinajstić information content (AvgIpc) is 2.85. The van der Waals surface area contributed by atoms with Crippen molar-refractivity contribution in [3.63, 3.8) is 0 Å². The van der Waals surface area contributed by atoms with Gasteiger partial charge in [0.2, 0.25) is 0 Å². The SMILES string of the molecule is CCn1ccnc1CC(=O)C1CCC(C(C)(C)C)CC1. The third-order valence-corrected chi connectivity index (χ3v) is 4.88. The van der Waals surface area contributed by atoms with E-state index in [1.165, 1.54) is 12.8 Å². The summed E-state index contributed by atoms with van der Waals surface area (Å²) in [5.41, 5.74) is 0.381. The molecule has 0 aromatic carbocycles. The minimum atomic E-state index is 0.260. The van der Waals surface area contributed by atoms with Gasteiger partial charge in [0, 0.05) is 24.9 Å². The highest BCUT2D eigenvalue weighted by atomic mass is 16.1. The second-order valence-corrected chi connectivity index (χ2v) is 7.19. The third-order valence-electron chi connectivity index (χ3n) is 4.88. The number of nitrogens with zero attached hydrogens (tertiary/aromatic N) is 2. The Morgan fingerprint density at radius 2 is 1.95 bits per heavy atom. The lowest BCUT2D eigenvalue weighted by molar-refractivity contribution is -0.123. The summed E-state index contributed by atoms with van der Waals surface area (Å²) in [6, 6.07) is 0. The van der Waals surface area contributed by atoms with Gasteiger partial charge in [-0.3, -0.25) is 4.79 Å². The molecule has 0 aliphatic heterocycles. The van der Waals surface area contributed by atoms with Gasteiger partial charge >= 0.3 is 0 Å². The molecule has 0 N–H and O–H groups in total. The number of imidazole rings is 1. The van der Waals surface area contributed by atoms with Crippen LogP contribution in [0.1, 0.15) is 59.2 Å². The Morgan fingerprint density at radius 3 is 2.50 bits per heavy atom. The standard InChI is InChI=1S/C17H28N2O/c1-5-19-11-10-18-16(19)12-15(20)13-6-8-14(9-7-13)17(2,3)4/h10-11,13-14H,5-9,12H2,1-4H3. The molecule has 0 saturated heterocycles. The van der Waals surface area contributed by atoms with Crippen LogP contribution in [0.4, 0.5) is 0 Å².